The van der Waals surface area contributed by atoms with Gasteiger partial charge >= 0.3 is 0 Å². The zero-order valence-electron chi connectivity index (χ0n) is 11.4. The number of nitrogens with zero attached hydrogens (tertiary/aromatic N) is 1. The Morgan fingerprint density at radius 2 is 2.00 bits per heavy atom. The molecule has 0 saturated carbocycles. The molecular formula is C15H16BrN3O. The number of pyridine rings is 1. The molecular weight excluding hydrogens is 318 g/mol. The predicted molar refractivity (Wildman–Crippen MR) is 83.2 cm³/mol. The highest BCUT2D eigenvalue weighted by Crippen LogP contribution is 2.26. The number of nitrogens with one attached hydrogen (secondary N) is 1. The lowest BCUT2D eigenvalue weighted by Gasteiger charge is -2.11. The van der Waals surface area contributed by atoms with Crippen LogP contribution in [-0.4, -0.2) is 10.8 Å². The molecule has 0 fully saturated rings. The highest BCUT2D eigenvalue weighted by molar-refractivity contribution is 9.10. The zero-order valence-corrected chi connectivity index (χ0v) is 13.0. The molecule has 0 radical (unpaired) electrons. The molecule has 2 aromatic rings. The van der Waals surface area contributed by atoms with Crippen LogP contribution in [0.4, 0.5) is 0 Å². The molecule has 0 saturated heterocycles. The lowest BCUT2D eigenvalue weighted by Crippen LogP contribution is -2.16. The number of aryl methyl sites for hydroxylation is 2. The quantitative estimate of drug-likeness (QED) is 0.665. The van der Waals surface area contributed by atoms with Crippen LogP contribution in [0.5, 0.6) is 5.75 Å². The number of halogens is 1. The van der Waals surface area contributed by atoms with E-state index in [2.05, 4.69) is 20.9 Å². The molecule has 0 atom stereocenters. The maximum atomic E-state index is 7.51. The van der Waals surface area contributed by atoms with Crippen molar-refractivity contribution in [2.24, 2.45) is 5.73 Å². The second-order valence-electron chi connectivity index (χ2n) is 4.58. The van der Waals surface area contributed by atoms with Crippen LogP contribution in [0.25, 0.3) is 0 Å². The summed E-state index contributed by atoms with van der Waals surface area (Å²) < 4.78 is 6.88. The van der Waals surface area contributed by atoms with E-state index in [0.29, 0.717) is 12.3 Å². The number of amidine groups is 1. The first-order valence-electron chi connectivity index (χ1n) is 6.17. The fraction of sp³-hybridized carbons (Fsp3) is 0.200. The largest absolute Gasteiger partial charge is 0.489 e. The van der Waals surface area contributed by atoms with Crippen LogP contribution in [-0.2, 0) is 6.61 Å². The van der Waals surface area contributed by atoms with Crippen molar-refractivity contribution in [3.8, 4) is 5.75 Å². The number of hydrogen-bond donors (Lipinski definition) is 2. The van der Waals surface area contributed by atoms with E-state index >= 15 is 0 Å². The summed E-state index contributed by atoms with van der Waals surface area (Å²) in [4.78, 5) is 4.10. The molecule has 1 heterocycles. The van der Waals surface area contributed by atoms with Gasteiger partial charge in [0.05, 0.1) is 0 Å². The second kappa shape index (κ2) is 6.05. The Morgan fingerprint density at radius 1 is 1.35 bits per heavy atom. The normalized spacial score (nSPS) is 10.3. The van der Waals surface area contributed by atoms with Crippen LogP contribution in [0.1, 0.15) is 22.4 Å². The second-order valence-corrected chi connectivity index (χ2v) is 5.38. The van der Waals surface area contributed by atoms with Crippen molar-refractivity contribution in [3.05, 3.63) is 57.3 Å². The number of nitrogens with two attached hydrogens (primary N) is 1. The molecule has 0 amide bonds. The number of ether oxygens (including phenoxy) is 1. The van der Waals surface area contributed by atoms with E-state index < -0.39 is 0 Å². The van der Waals surface area contributed by atoms with Gasteiger partial charge in [-0.2, -0.15) is 0 Å². The molecule has 20 heavy (non-hydrogen) atoms. The molecule has 1 aromatic carbocycles. The zero-order chi connectivity index (χ0) is 14.7. The van der Waals surface area contributed by atoms with Crippen LogP contribution in [0, 0.1) is 19.3 Å². The Bertz CT molecular complexity index is 632. The van der Waals surface area contributed by atoms with E-state index in [1.54, 1.807) is 6.20 Å². The van der Waals surface area contributed by atoms with E-state index in [4.69, 9.17) is 15.9 Å². The van der Waals surface area contributed by atoms with E-state index in [-0.39, 0.29) is 5.84 Å². The monoisotopic (exact) mass is 333 g/mol. The Balaban J connectivity index is 2.19. The average Bonchev–Trinajstić information content (AvgIpc) is 2.42. The molecule has 2 rings (SSSR count). The summed E-state index contributed by atoms with van der Waals surface area (Å²) in [6.45, 7) is 4.38. The summed E-state index contributed by atoms with van der Waals surface area (Å²) in [5, 5.41) is 7.51. The third kappa shape index (κ3) is 3.17. The first-order chi connectivity index (χ1) is 9.49. The number of hydrogen-bond acceptors (Lipinski definition) is 3. The van der Waals surface area contributed by atoms with E-state index in [0.717, 1.165) is 26.9 Å². The number of rotatable bonds is 4. The maximum absolute atomic E-state index is 7.51. The van der Waals surface area contributed by atoms with Crippen LogP contribution in [0.15, 0.2) is 34.9 Å². The van der Waals surface area contributed by atoms with Gasteiger partial charge in [0.15, 0.2) is 0 Å². The lowest BCUT2D eigenvalue weighted by atomic mass is 10.1. The Hall–Kier alpha value is -1.88. The van der Waals surface area contributed by atoms with Crippen LogP contribution >= 0.6 is 15.9 Å². The van der Waals surface area contributed by atoms with Gasteiger partial charge in [0.1, 0.15) is 23.9 Å². The number of aromatic nitrogens is 1. The summed E-state index contributed by atoms with van der Waals surface area (Å²) in [6.07, 6.45) is 1.62. The van der Waals surface area contributed by atoms with E-state index in [1.165, 1.54) is 0 Å². The fourth-order valence-corrected chi connectivity index (χ4v) is 2.18. The van der Waals surface area contributed by atoms with Crippen molar-refractivity contribution >= 4 is 21.8 Å². The van der Waals surface area contributed by atoms with Crippen LogP contribution in [0.3, 0.4) is 0 Å². The van der Waals surface area contributed by atoms with Crippen molar-refractivity contribution in [1.82, 2.24) is 4.98 Å². The van der Waals surface area contributed by atoms with Crippen molar-refractivity contribution in [2.45, 2.75) is 20.5 Å². The minimum atomic E-state index is -0.0487. The van der Waals surface area contributed by atoms with Crippen LogP contribution in [0.2, 0.25) is 0 Å². The predicted octanol–water partition coefficient (Wildman–Crippen LogP) is 3.32. The van der Waals surface area contributed by atoms with E-state index in [1.807, 2.05) is 38.1 Å². The average molecular weight is 334 g/mol. The van der Waals surface area contributed by atoms with Gasteiger partial charge in [-0.3, -0.25) is 10.4 Å². The van der Waals surface area contributed by atoms with Gasteiger partial charge in [0, 0.05) is 16.2 Å². The summed E-state index contributed by atoms with van der Waals surface area (Å²) in [7, 11) is 0. The highest BCUT2D eigenvalue weighted by atomic mass is 79.9. The van der Waals surface area contributed by atoms with E-state index in [9.17, 15) is 0 Å². The topological polar surface area (TPSA) is 72.0 Å². The summed E-state index contributed by atoms with van der Waals surface area (Å²) >= 11 is 3.53. The molecule has 1 aromatic heterocycles. The molecule has 0 aliphatic heterocycles. The minimum absolute atomic E-state index is 0.0487. The third-order valence-electron chi connectivity index (χ3n) is 2.95. The summed E-state index contributed by atoms with van der Waals surface area (Å²) in [5.74, 6) is 0.744. The maximum Gasteiger partial charge on any atom is 0.142 e. The molecule has 0 unspecified atom stereocenters. The lowest BCUT2D eigenvalue weighted by molar-refractivity contribution is 0.305. The minimum Gasteiger partial charge on any atom is -0.489 e. The van der Waals surface area contributed by atoms with Crippen LogP contribution < -0.4 is 10.5 Å². The van der Waals surface area contributed by atoms with Gasteiger partial charge in [-0.05, 0) is 43.2 Å². The fourth-order valence-electron chi connectivity index (χ4n) is 1.95. The van der Waals surface area contributed by atoms with Gasteiger partial charge in [0.2, 0.25) is 0 Å². The molecule has 0 aliphatic rings. The highest BCUT2D eigenvalue weighted by Gasteiger charge is 2.08. The molecule has 4 nitrogen and oxygen atoms in total. The van der Waals surface area contributed by atoms with Gasteiger partial charge < -0.3 is 10.5 Å². The summed E-state index contributed by atoms with van der Waals surface area (Å²) in [5.41, 5.74) is 9.03. The molecule has 3 N–H and O–H groups in total. The number of benzene rings is 1. The summed E-state index contributed by atoms with van der Waals surface area (Å²) in [6, 6.07) is 7.62. The van der Waals surface area contributed by atoms with Gasteiger partial charge in [0.25, 0.3) is 0 Å². The van der Waals surface area contributed by atoms with Gasteiger partial charge in [-0.15, -0.1) is 0 Å². The van der Waals surface area contributed by atoms with Crippen molar-refractivity contribution < 1.29 is 4.74 Å². The Labute approximate surface area is 126 Å². The standard InChI is InChI=1S/C15H16BrN3O/c1-9-6-12(7-10(2)13(9)16)20-8-11-4-3-5-19-14(11)15(17)18/h3-7H,8H2,1-2H3,(H3,17,18). The molecule has 5 heteroatoms. The SMILES string of the molecule is Cc1cc(OCc2cccnc2C(=N)N)cc(C)c1Br. The van der Waals surface area contributed by atoms with Gasteiger partial charge in [-0.25, -0.2) is 0 Å². The van der Waals surface area contributed by atoms with Crippen molar-refractivity contribution in [3.63, 3.8) is 0 Å². The Morgan fingerprint density at radius 3 is 2.60 bits per heavy atom. The van der Waals surface area contributed by atoms with Gasteiger partial charge in [-0.1, -0.05) is 22.0 Å². The van der Waals surface area contributed by atoms with Crippen molar-refractivity contribution in [1.29, 1.82) is 5.41 Å². The number of nitrogen functional groups attached to an aromatic ring is 1. The smallest absolute Gasteiger partial charge is 0.142 e. The third-order valence-corrected chi connectivity index (χ3v) is 4.20. The van der Waals surface area contributed by atoms with Crippen molar-refractivity contribution in [2.75, 3.05) is 0 Å². The molecule has 104 valence electrons. The molecule has 0 bridgehead atoms. The Kier molecular flexibility index (Phi) is 4.39. The first-order valence-corrected chi connectivity index (χ1v) is 6.96. The molecule has 0 spiro atoms. The molecule has 0 aliphatic carbocycles. The first kappa shape index (κ1) is 14.5.